The van der Waals surface area contributed by atoms with Gasteiger partial charge >= 0.3 is 0 Å². The minimum Gasteiger partial charge on any atom is -0.375 e. The van der Waals surface area contributed by atoms with Crippen LogP contribution in [0.4, 0.5) is 5.69 Å². The number of rotatable bonds is 6. The van der Waals surface area contributed by atoms with Crippen LogP contribution < -0.4 is 10.7 Å². The molecule has 0 aliphatic carbocycles. The Balaban J connectivity index is 1.79. The first-order chi connectivity index (χ1) is 10.7. The van der Waals surface area contributed by atoms with Gasteiger partial charge in [0.2, 0.25) is 0 Å². The summed E-state index contributed by atoms with van der Waals surface area (Å²) in [4.78, 5) is 12.9. The van der Waals surface area contributed by atoms with E-state index in [1.807, 2.05) is 48.7 Å². The molecule has 0 aromatic heterocycles. The predicted molar refractivity (Wildman–Crippen MR) is 93.9 cm³/mol. The van der Waals surface area contributed by atoms with Crippen LogP contribution in [0, 0.1) is 0 Å². The third kappa shape index (κ3) is 5.09. The van der Waals surface area contributed by atoms with Crippen molar-refractivity contribution in [1.29, 1.82) is 0 Å². The molecule has 2 rings (SSSR count). The van der Waals surface area contributed by atoms with Crippen molar-refractivity contribution in [3.8, 4) is 0 Å². The van der Waals surface area contributed by atoms with E-state index in [2.05, 4.69) is 15.8 Å². The van der Waals surface area contributed by atoms with Gasteiger partial charge in [0, 0.05) is 4.90 Å². The lowest BCUT2D eigenvalue weighted by atomic mass is 10.2. The zero-order valence-corrected chi connectivity index (χ0v) is 13.6. The topological polar surface area (TPSA) is 53.5 Å². The van der Waals surface area contributed by atoms with E-state index in [9.17, 15) is 4.79 Å². The molecular formula is C16H16ClN3OS. The van der Waals surface area contributed by atoms with E-state index >= 15 is 0 Å². The number of halogens is 1. The van der Waals surface area contributed by atoms with E-state index in [-0.39, 0.29) is 12.5 Å². The van der Waals surface area contributed by atoms with Gasteiger partial charge in [-0.15, -0.1) is 11.8 Å². The smallest absolute Gasteiger partial charge is 0.259 e. The summed E-state index contributed by atoms with van der Waals surface area (Å²) < 4.78 is 0. The van der Waals surface area contributed by atoms with Crippen LogP contribution >= 0.6 is 23.4 Å². The lowest BCUT2D eigenvalue weighted by Gasteiger charge is -2.06. The first kappa shape index (κ1) is 16.4. The quantitative estimate of drug-likeness (QED) is 0.482. The molecule has 2 aromatic rings. The lowest BCUT2D eigenvalue weighted by molar-refractivity contribution is -0.119. The van der Waals surface area contributed by atoms with E-state index in [1.54, 1.807) is 24.0 Å². The molecule has 0 unspecified atom stereocenters. The summed E-state index contributed by atoms with van der Waals surface area (Å²) in [7, 11) is 0. The Labute approximate surface area is 139 Å². The standard InChI is InChI=1S/C16H16ClN3OS/c1-22-13-8-6-12(7-9-13)10-19-20-16(21)11-18-15-5-3-2-4-14(15)17/h2-10,18H,11H2,1H3,(H,20,21)/b19-10+. The average molecular weight is 334 g/mol. The van der Waals surface area contributed by atoms with Gasteiger partial charge < -0.3 is 5.32 Å². The van der Waals surface area contributed by atoms with Gasteiger partial charge in [-0.3, -0.25) is 4.79 Å². The maximum absolute atomic E-state index is 11.7. The Hall–Kier alpha value is -1.98. The molecule has 0 radical (unpaired) electrons. The van der Waals surface area contributed by atoms with Crippen molar-refractivity contribution in [3.63, 3.8) is 0 Å². The molecule has 0 saturated carbocycles. The maximum Gasteiger partial charge on any atom is 0.259 e. The van der Waals surface area contributed by atoms with Gasteiger partial charge in [0.25, 0.3) is 5.91 Å². The second-order valence-corrected chi connectivity index (χ2v) is 5.69. The highest BCUT2D eigenvalue weighted by molar-refractivity contribution is 7.98. The highest BCUT2D eigenvalue weighted by Crippen LogP contribution is 2.19. The lowest BCUT2D eigenvalue weighted by Crippen LogP contribution is -2.25. The Morgan fingerprint density at radius 1 is 1.23 bits per heavy atom. The number of nitrogens with zero attached hydrogens (tertiary/aromatic N) is 1. The van der Waals surface area contributed by atoms with E-state index in [1.165, 1.54) is 4.90 Å². The van der Waals surface area contributed by atoms with E-state index in [0.717, 1.165) is 11.3 Å². The molecule has 114 valence electrons. The number of nitrogens with one attached hydrogen (secondary N) is 2. The number of amides is 1. The summed E-state index contributed by atoms with van der Waals surface area (Å²) in [6.45, 7) is 0.104. The van der Waals surface area contributed by atoms with Crippen molar-refractivity contribution in [3.05, 3.63) is 59.1 Å². The summed E-state index contributed by atoms with van der Waals surface area (Å²) in [6, 6.07) is 15.2. The van der Waals surface area contributed by atoms with Crippen LogP contribution in [0.25, 0.3) is 0 Å². The van der Waals surface area contributed by atoms with Gasteiger partial charge in [-0.2, -0.15) is 5.10 Å². The molecule has 4 nitrogen and oxygen atoms in total. The van der Waals surface area contributed by atoms with Gasteiger partial charge in [-0.25, -0.2) is 5.43 Å². The summed E-state index contributed by atoms with van der Waals surface area (Å²) in [5.74, 6) is -0.239. The van der Waals surface area contributed by atoms with E-state index < -0.39 is 0 Å². The SMILES string of the molecule is CSc1ccc(/C=N/NC(=O)CNc2ccccc2Cl)cc1. The average Bonchev–Trinajstić information content (AvgIpc) is 2.55. The molecule has 0 saturated heterocycles. The number of hydrogen-bond acceptors (Lipinski definition) is 4. The molecule has 0 heterocycles. The highest BCUT2D eigenvalue weighted by atomic mass is 35.5. The third-order valence-corrected chi connectivity index (χ3v) is 3.91. The van der Waals surface area contributed by atoms with Crippen molar-refractivity contribution in [1.82, 2.24) is 5.43 Å². The maximum atomic E-state index is 11.7. The van der Waals surface area contributed by atoms with Gasteiger partial charge in [0.15, 0.2) is 0 Å². The Morgan fingerprint density at radius 2 is 1.95 bits per heavy atom. The van der Waals surface area contributed by atoms with Gasteiger partial charge in [-0.05, 0) is 36.1 Å². The minimum atomic E-state index is -0.239. The second kappa shape index (κ2) is 8.46. The van der Waals surface area contributed by atoms with Crippen LogP contribution in [-0.2, 0) is 4.79 Å². The molecule has 0 aliphatic rings. The molecule has 1 amide bonds. The van der Waals surface area contributed by atoms with Crippen LogP contribution in [0.3, 0.4) is 0 Å². The van der Waals surface area contributed by atoms with E-state index in [0.29, 0.717) is 5.02 Å². The molecule has 6 heteroatoms. The Bertz CT molecular complexity index is 659. The fraction of sp³-hybridized carbons (Fsp3) is 0.125. The van der Waals surface area contributed by atoms with Crippen LogP contribution in [-0.4, -0.2) is 24.9 Å². The first-order valence-electron chi connectivity index (χ1n) is 6.63. The highest BCUT2D eigenvalue weighted by Gasteiger charge is 2.02. The zero-order chi connectivity index (χ0) is 15.8. The van der Waals surface area contributed by atoms with Crippen molar-refractivity contribution in [2.24, 2.45) is 5.10 Å². The fourth-order valence-electron chi connectivity index (χ4n) is 1.69. The Morgan fingerprint density at radius 3 is 2.64 bits per heavy atom. The molecule has 0 bridgehead atoms. The largest absolute Gasteiger partial charge is 0.375 e. The summed E-state index contributed by atoms with van der Waals surface area (Å²) >= 11 is 7.67. The molecular weight excluding hydrogens is 318 g/mol. The minimum absolute atomic E-state index is 0.104. The second-order valence-electron chi connectivity index (χ2n) is 4.40. The number of thioether (sulfide) groups is 1. The molecule has 0 aliphatic heterocycles. The Kier molecular flexibility index (Phi) is 6.30. The number of hydrogen-bond donors (Lipinski definition) is 2. The fourth-order valence-corrected chi connectivity index (χ4v) is 2.30. The monoisotopic (exact) mass is 333 g/mol. The molecule has 0 atom stereocenters. The normalized spacial score (nSPS) is 10.6. The van der Waals surface area contributed by atoms with Crippen LogP contribution in [0.15, 0.2) is 58.5 Å². The number of carbonyl (C=O) groups excluding carboxylic acids is 1. The summed E-state index contributed by atoms with van der Waals surface area (Å²) in [6.07, 6.45) is 3.63. The van der Waals surface area contributed by atoms with Gasteiger partial charge in [0.05, 0.1) is 23.5 Å². The van der Waals surface area contributed by atoms with E-state index in [4.69, 9.17) is 11.6 Å². The number of anilines is 1. The summed E-state index contributed by atoms with van der Waals surface area (Å²) in [5, 5.41) is 7.46. The molecule has 2 N–H and O–H groups in total. The van der Waals surface area contributed by atoms with Crippen molar-refractivity contribution in [2.75, 3.05) is 18.1 Å². The molecule has 0 spiro atoms. The molecule has 22 heavy (non-hydrogen) atoms. The van der Waals surface area contributed by atoms with Crippen LogP contribution in [0.5, 0.6) is 0 Å². The van der Waals surface area contributed by atoms with Crippen LogP contribution in [0.2, 0.25) is 5.02 Å². The van der Waals surface area contributed by atoms with Gasteiger partial charge in [0.1, 0.15) is 0 Å². The molecule has 0 fully saturated rings. The zero-order valence-electron chi connectivity index (χ0n) is 12.0. The number of benzene rings is 2. The van der Waals surface area contributed by atoms with Crippen molar-refractivity contribution < 1.29 is 4.79 Å². The number of hydrazone groups is 1. The number of carbonyl (C=O) groups is 1. The van der Waals surface area contributed by atoms with Crippen molar-refractivity contribution in [2.45, 2.75) is 4.90 Å². The first-order valence-corrected chi connectivity index (χ1v) is 8.23. The number of para-hydroxylation sites is 1. The van der Waals surface area contributed by atoms with Gasteiger partial charge in [-0.1, -0.05) is 35.9 Å². The predicted octanol–water partition coefficient (Wildman–Crippen LogP) is 3.62. The van der Waals surface area contributed by atoms with Crippen LogP contribution in [0.1, 0.15) is 5.56 Å². The molecule has 2 aromatic carbocycles. The third-order valence-electron chi connectivity index (χ3n) is 2.83. The summed E-state index contributed by atoms with van der Waals surface area (Å²) in [5.41, 5.74) is 4.12. The van der Waals surface area contributed by atoms with Crippen molar-refractivity contribution >= 4 is 41.2 Å².